The number of rotatable bonds is 5. The van der Waals surface area contributed by atoms with Crippen LogP contribution >= 0.6 is 0 Å². The number of guanidine groups is 1. The zero-order valence-electron chi connectivity index (χ0n) is 20.1. The van der Waals surface area contributed by atoms with Gasteiger partial charge in [-0.2, -0.15) is 0 Å². The topological polar surface area (TPSA) is 77.5 Å². The number of carbonyl (C=O) groups excluding carboxylic acids is 1. The number of hydrogen-bond donors (Lipinski definition) is 4. The SMILES string of the molecule is CC1CCCCC1CN=C(NC(=O)C1CCCC(F)C1)NC1CC(C2CCC(F)CC2)NN1. The van der Waals surface area contributed by atoms with Gasteiger partial charge in [-0.15, -0.1) is 0 Å². The van der Waals surface area contributed by atoms with E-state index in [2.05, 4.69) is 28.4 Å². The second kappa shape index (κ2) is 11.9. The van der Waals surface area contributed by atoms with Crippen molar-refractivity contribution in [2.24, 2.45) is 28.7 Å². The Balaban J connectivity index is 1.35. The molecule has 1 amide bonds. The van der Waals surface area contributed by atoms with E-state index in [-0.39, 0.29) is 24.0 Å². The lowest BCUT2D eigenvalue weighted by Crippen LogP contribution is -2.52. The zero-order valence-corrected chi connectivity index (χ0v) is 20.1. The highest BCUT2D eigenvalue weighted by Gasteiger charge is 2.34. The van der Waals surface area contributed by atoms with E-state index in [1.54, 1.807) is 0 Å². The number of hydrazine groups is 1. The molecule has 0 aromatic carbocycles. The molecule has 8 heteroatoms. The van der Waals surface area contributed by atoms with E-state index in [0.717, 1.165) is 32.1 Å². The molecule has 1 aliphatic heterocycles. The second-order valence-electron chi connectivity index (χ2n) is 11.0. The summed E-state index contributed by atoms with van der Waals surface area (Å²) in [5, 5.41) is 6.41. The molecule has 33 heavy (non-hydrogen) atoms. The van der Waals surface area contributed by atoms with Crippen LogP contribution in [-0.2, 0) is 4.79 Å². The van der Waals surface area contributed by atoms with Gasteiger partial charge in [-0.1, -0.05) is 26.2 Å². The van der Waals surface area contributed by atoms with Crippen LogP contribution in [0, 0.1) is 23.7 Å². The number of nitrogens with zero attached hydrogens (tertiary/aromatic N) is 1. The van der Waals surface area contributed by atoms with Gasteiger partial charge in [0.25, 0.3) is 0 Å². The van der Waals surface area contributed by atoms with Crippen LogP contribution in [0.15, 0.2) is 4.99 Å². The van der Waals surface area contributed by atoms with Crippen molar-refractivity contribution in [2.45, 2.75) is 115 Å². The van der Waals surface area contributed by atoms with Crippen molar-refractivity contribution in [1.82, 2.24) is 21.5 Å². The average molecular weight is 468 g/mol. The summed E-state index contributed by atoms with van der Waals surface area (Å²) in [4.78, 5) is 17.7. The Kier molecular flexibility index (Phi) is 8.97. The summed E-state index contributed by atoms with van der Waals surface area (Å²) in [7, 11) is 0. The molecule has 4 rings (SSSR count). The highest BCUT2D eigenvalue weighted by molar-refractivity contribution is 5.98. The molecule has 0 spiro atoms. The summed E-state index contributed by atoms with van der Waals surface area (Å²) < 4.78 is 27.4. The van der Waals surface area contributed by atoms with Gasteiger partial charge < -0.3 is 5.32 Å². The van der Waals surface area contributed by atoms with Crippen LogP contribution in [0.5, 0.6) is 0 Å². The number of hydrogen-bond acceptors (Lipinski definition) is 4. The van der Waals surface area contributed by atoms with Crippen LogP contribution < -0.4 is 21.5 Å². The lowest BCUT2D eigenvalue weighted by Gasteiger charge is -2.29. The molecule has 0 aromatic rings. The van der Waals surface area contributed by atoms with Crippen molar-refractivity contribution in [3.63, 3.8) is 0 Å². The Bertz CT molecular complexity index is 669. The van der Waals surface area contributed by atoms with Gasteiger partial charge in [0.2, 0.25) is 5.91 Å². The van der Waals surface area contributed by atoms with Crippen LogP contribution in [0.25, 0.3) is 0 Å². The van der Waals surface area contributed by atoms with Crippen LogP contribution in [-0.4, -0.2) is 43.0 Å². The molecule has 4 aliphatic rings. The highest BCUT2D eigenvalue weighted by Crippen LogP contribution is 2.32. The van der Waals surface area contributed by atoms with Gasteiger partial charge in [0.1, 0.15) is 12.3 Å². The number of halogens is 2. The van der Waals surface area contributed by atoms with Gasteiger partial charge in [-0.25, -0.2) is 14.2 Å². The molecule has 0 radical (unpaired) electrons. The Hall–Kier alpha value is -1.28. The van der Waals surface area contributed by atoms with E-state index in [4.69, 9.17) is 4.99 Å². The van der Waals surface area contributed by atoms with Crippen LogP contribution in [0.1, 0.15) is 90.4 Å². The second-order valence-corrected chi connectivity index (χ2v) is 11.0. The molecule has 188 valence electrons. The molecular weight excluding hydrogens is 424 g/mol. The normalized spacial score (nSPS) is 40.4. The minimum Gasteiger partial charge on any atom is -0.339 e. The fourth-order valence-electron chi connectivity index (χ4n) is 6.21. The van der Waals surface area contributed by atoms with Gasteiger partial charge >= 0.3 is 0 Å². The molecular formula is C25H43F2N5O. The third-order valence-corrected chi connectivity index (χ3v) is 8.51. The van der Waals surface area contributed by atoms with Crippen molar-refractivity contribution in [2.75, 3.05) is 6.54 Å². The molecule has 4 fully saturated rings. The van der Waals surface area contributed by atoms with Crippen LogP contribution in [0.3, 0.4) is 0 Å². The summed E-state index contributed by atoms with van der Waals surface area (Å²) in [5.74, 6) is 1.75. The summed E-state index contributed by atoms with van der Waals surface area (Å²) >= 11 is 0. The fraction of sp³-hybridized carbons (Fsp3) is 0.920. The lowest BCUT2D eigenvalue weighted by molar-refractivity contribution is -0.125. The van der Waals surface area contributed by atoms with Crippen LogP contribution in [0.2, 0.25) is 0 Å². The zero-order chi connectivity index (χ0) is 23.2. The number of nitrogens with one attached hydrogen (secondary N) is 4. The number of aliphatic imine (C=N–C) groups is 1. The molecule has 6 nitrogen and oxygen atoms in total. The minimum absolute atomic E-state index is 0.0544. The summed E-state index contributed by atoms with van der Waals surface area (Å²) in [6.07, 6.45) is 9.73. The number of amides is 1. The molecule has 1 heterocycles. The Morgan fingerprint density at radius 1 is 0.909 bits per heavy atom. The molecule has 0 aromatic heterocycles. The minimum atomic E-state index is -0.883. The Labute approximate surface area is 197 Å². The van der Waals surface area contributed by atoms with Crippen molar-refractivity contribution >= 4 is 11.9 Å². The largest absolute Gasteiger partial charge is 0.339 e. The highest BCUT2D eigenvalue weighted by atomic mass is 19.1. The summed E-state index contributed by atoms with van der Waals surface area (Å²) in [6.45, 7) is 3.00. The maximum atomic E-state index is 13.9. The van der Waals surface area contributed by atoms with Gasteiger partial charge in [-0.3, -0.25) is 20.5 Å². The first-order chi connectivity index (χ1) is 16.0. The van der Waals surface area contributed by atoms with Gasteiger partial charge in [0.15, 0.2) is 5.96 Å². The monoisotopic (exact) mass is 467 g/mol. The Morgan fingerprint density at radius 3 is 2.45 bits per heavy atom. The van der Waals surface area contributed by atoms with Crippen molar-refractivity contribution in [1.29, 1.82) is 0 Å². The van der Waals surface area contributed by atoms with Crippen molar-refractivity contribution in [3.05, 3.63) is 0 Å². The van der Waals surface area contributed by atoms with E-state index in [1.807, 2.05) is 0 Å². The molecule has 1 saturated heterocycles. The Morgan fingerprint density at radius 2 is 1.70 bits per heavy atom. The first-order valence-electron chi connectivity index (χ1n) is 13.4. The quantitative estimate of drug-likeness (QED) is 0.362. The maximum Gasteiger partial charge on any atom is 0.229 e. The standard InChI is InChI=1S/C25H43F2N5O/c1-16-5-2-3-6-19(16)15-28-25(30-24(33)18-7-4-8-21(27)13-18)29-23-14-22(31-32-23)17-9-11-20(26)12-10-17/h16-23,31-32H,2-15H2,1H3,(H2,28,29,30,33). The van der Waals surface area contributed by atoms with E-state index >= 15 is 0 Å². The van der Waals surface area contributed by atoms with Gasteiger partial charge in [0, 0.05) is 18.5 Å². The predicted molar refractivity (Wildman–Crippen MR) is 127 cm³/mol. The van der Waals surface area contributed by atoms with Crippen molar-refractivity contribution in [3.8, 4) is 0 Å². The van der Waals surface area contributed by atoms with E-state index in [0.29, 0.717) is 55.9 Å². The number of alkyl halides is 2. The molecule has 3 saturated carbocycles. The molecule has 0 bridgehead atoms. The summed E-state index contributed by atoms with van der Waals surface area (Å²) in [6, 6.07) is 0.288. The van der Waals surface area contributed by atoms with Gasteiger partial charge in [-0.05, 0) is 82.0 Å². The molecule has 4 N–H and O–H groups in total. The third-order valence-electron chi connectivity index (χ3n) is 8.51. The fourth-order valence-corrected chi connectivity index (χ4v) is 6.21. The maximum absolute atomic E-state index is 13.9. The van der Waals surface area contributed by atoms with Crippen LogP contribution in [0.4, 0.5) is 8.78 Å². The molecule has 6 unspecified atom stereocenters. The number of carbonyl (C=O) groups is 1. The smallest absolute Gasteiger partial charge is 0.229 e. The van der Waals surface area contributed by atoms with E-state index in [9.17, 15) is 13.6 Å². The molecule has 6 atom stereocenters. The van der Waals surface area contributed by atoms with E-state index in [1.165, 1.54) is 25.7 Å². The predicted octanol–water partition coefficient (Wildman–Crippen LogP) is 4.12. The average Bonchev–Trinajstić information content (AvgIpc) is 3.27. The first kappa shape index (κ1) is 24.8. The van der Waals surface area contributed by atoms with E-state index < -0.39 is 12.3 Å². The first-order valence-corrected chi connectivity index (χ1v) is 13.4. The summed E-state index contributed by atoms with van der Waals surface area (Å²) in [5.41, 5.74) is 6.68. The van der Waals surface area contributed by atoms with Crippen molar-refractivity contribution < 1.29 is 13.6 Å². The van der Waals surface area contributed by atoms with Gasteiger partial charge in [0.05, 0.1) is 6.17 Å². The third kappa shape index (κ3) is 7.10. The molecule has 3 aliphatic carbocycles. The lowest BCUT2D eigenvalue weighted by atomic mass is 9.80.